The summed E-state index contributed by atoms with van der Waals surface area (Å²) in [6, 6.07) is 4.73. The monoisotopic (exact) mass is 236 g/mol. The second-order valence-corrected chi connectivity index (χ2v) is 5.52. The fourth-order valence-corrected chi connectivity index (χ4v) is 2.78. The van der Waals surface area contributed by atoms with Crippen molar-refractivity contribution in [3.05, 3.63) is 29.6 Å². The molecule has 3 nitrogen and oxygen atoms in total. The second-order valence-electron chi connectivity index (χ2n) is 5.52. The molecule has 2 N–H and O–H groups in total. The van der Waals surface area contributed by atoms with E-state index in [2.05, 4.69) is 11.8 Å². The van der Waals surface area contributed by atoms with Gasteiger partial charge in [-0.2, -0.15) is 0 Å². The molecule has 0 aliphatic carbocycles. The van der Waals surface area contributed by atoms with E-state index in [1.165, 1.54) is 6.07 Å². The highest BCUT2D eigenvalue weighted by Gasteiger charge is 2.37. The first kappa shape index (κ1) is 11.0. The normalized spacial score (nSPS) is 26.2. The van der Waals surface area contributed by atoms with Crippen LogP contribution in [-0.4, -0.2) is 36.2 Å². The fourth-order valence-electron chi connectivity index (χ4n) is 2.78. The summed E-state index contributed by atoms with van der Waals surface area (Å²) in [6.45, 7) is 4.77. The van der Waals surface area contributed by atoms with Crippen LogP contribution in [0.3, 0.4) is 0 Å². The quantitative estimate of drug-likeness (QED) is 0.837. The van der Waals surface area contributed by atoms with Crippen molar-refractivity contribution in [1.29, 1.82) is 0 Å². The topological polar surface area (TPSA) is 38.5 Å². The molecule has 2 aliphatic heterocycles. The maximum Gasteiger partial charge on any atom is 0.123 e. The third-order valence-electron chi connectivity index (χ3n) is 3.40. The molecule has 0 spiro atoms. The van der Waals surface area contributed by atoms with Crippen LogP contribution in [0.2, 0.25) is 0 Å². The number of ether oxygens (including phenoxy) is 1. The number of likely N-dealkylation sites (tertiary alicyclic amines) is 1. The molecule has 0 amide bonds. The smallest absolute Gasteiger partial charge is 0.123 e. The van der Waals surface area contributed by atoms with E-state index in [1.54, 1.807) is 12.1 Å². The Morgan fingerprint density at radius 3 is 3.00 bits per heavy atom. The van der Waals surface area contributed by atoms with Crippen molar-refractivity contribution in [2.24, 2.45) is 5.73 Å². The standard InChI is InChI=1S/C13H17FN2O/c1-13(15)7-16(8-13)6-11-5-9-4-10(14)2-3-12(9)17-11/h2-4,11H,5-8,15H2,1H3. The van der Waals surface area contributed by atoms with Crippen molar-refractivity contribution in [1.82, 2.24) is 4.90 Å². The fraction of sp³-hybridized carbons (Fsp3) is 0.538. The van der Waals surface area contributed by atoms with E-state index < -0.39 is 0 Å². The van der Waals surface area contributed by atoms with E-state index in [1.807, 2.05) is 0 Å². The van der Waals surface area contributed by atoms with Crippen LogP contribution in [-0.2, 0) is 6.42 Å². The van der Waals surface area contributed by atoms with E-state index in [9.17, 15) is 4.39 Å². The molecule has 2 aliphatic rings. The predicted molar refractivity (Wildman–Crippen MR) is 63.6 cm³/mol. The average molecular weight is 236 g/mol. The van der Waals surface area contributed by atoms with Crippen molar-refractivity contribution in [3.8, 4) is 5.75 Å². The van der Waals surface area contributed by atoms with Crippen molar-refractivity contribution in [2.45, 2.75) is 25.0 Å². The highest BCUT2D eigenvalue weighted by atomic mass is 19.1. The molecule has 2 heterocycles. The Kier molecular flexibility index (Phi) is 2.38. The predicted octanol–water partition coefficient (Wildman–Crippen LogP) is 1.16. The molecule has 3 rings (SSSR count). The first-order chi connectivity index (χ1) is 8.02. The number of benzene rings is 1. The lowest BCUT2D eigenvalue weighted by Gasteiger charge is -2.46. The molecule has 17 heavy (non-hydrogen) atoms. The number of hydrogen-bond acceptors (Lipinski definition) is 3. The number of fused-ring (bicyclic) bond motifs is 1. The number of rotatable bonds is 2. The van der Waals surface area contributed by atoms with Crippen molar-refractivity contribution >= 4 is 0 Å². The van der Waals surface area contributed by atoms with Gasteiger partial charge in [0.25, 0.3) is 0 Å². The van der Waals surface area contributed by atoms with Crippen molar-refractivity contribution in [3.63, 3.8) is 0 Å². The van der Waals surface area contributed by atoms with E-state index >= 15 is 0 Å². The molecule has 0 bridgehead atoms. The summed E-state index contributed by atoms with van der Waals surface area (Å²) in [5, 5.41) is 0. The van der Waals surface area contributed by atoms with Gasteiger partial charge in [0.15, 0.2) is 0 Å². The first-order valence-corrected chi connectivity index (χ1v) is 5.98. The summed E-state index contributed by atoms with van der Waals surface area (Å²) in [5.41, 5.74) is 6.89. The largest absolute Gasteiger partial charge is 0.488 e. The molecule has 4 heteroatoms. The Hall–Kier alpha value is -1.13. The van der Waals surface area contributed by atoms with Crippen LogP contribution in [0.15, 0.2) is 18.2 Å². The SMILES string of the molecule is CC1(N)CN(CC2Cc3cc(F)ccc3O2)C1. The van der Waals surface area contributed by atoms with Gasteiger partial charge in [0.05, 0.1) is 0 Å². The van der Waals surface area contributed by atoms with Gasteiger partial charge in [0, 0.05) is 37.2 Å². The number of halogens is 1. The maximum absolute atomic E-state index is 13.0. The summed E-state index contributed by atoms with van der Waals surface area (Å²) in [7, 11) is 0. The number of nitrogens with two attached hydrogens (primary N) is 1. The van der Waals surface area contributed by atoms with Crippen LogP contribution in [0.4, 0.5) is 4.39 Å². The van der Waals surface area contributed by atoms with Gasteiger partial charge in [-0.1, -0.05) is 0 Å². The zero-order chi connectivity index (χ0) is 12.0. The summed E-state index contributed by atoms with van der Waals surface area (Å²) in [5.74, 6) is 0.638. The lowest BCUT2D eigenvalue weighted by Crippen LogP contribution is -2.66. The molecule has 0 radical (unpaired) electrons. The van der Waals surface area contributed by atoms with Gasteiger partial charge in [-0.3, -0.25) is 4.90 Å². The van der Waals surface area contributed by atoms with Gasteiger partial charge in [-0.15, -0.1) is 0 Å². The Morgan fingerprint density at radius 2 is 2.29 bits per heavy atom. The van der Waals surface area contributed by atoms with Crippen molar-refractivity contribution < 1.29 is 9.13 Å². The third kappa shape index (κ3) is 2.15. The molecular formula is C13H17FN2O. The summed E-state index contributed by atoms with van der Waals surface area (Å²) in [6.07, 6.45) is 0.938. The molecule has 1 unspecified atom stereocenters. The Morgan fingerprint density at radius 1 is 1.53 bits per heavy atom. The summed E-state index contributed by atoms with van der Waals surface area (Å²) in [4.78, 5) is 2.28. The van der Waals surface area contributed by atoms with Gasteiger partial charge in [0.2, 0.25) is 0 Å². The summed E-state index contributed by atoms with van der Waals surface area (Å²) < 4.78 is 18.8. The minimum absolute atomic E-state index is 0.0441. The van der Waals surface area contributed by atoms with Crippen LogP contribution in [0.1, 0.15) is 12.5 Å². The van der Waals surface area contributed by atoms with Gasteiger partial charge in [-0.05, 0) is 25.1 Å². The number of nitrogens with zero attached hydrogens (tertiary/aromatic N) is 1. The van der Waals surface area contributed by atoms with Gasteiger partial charge in [0.1, 0.15) is 17.7 Å². The molecule has 0 saturated carbocycles. The summed E-state index contributed by atoms with van der Waals surface area (Å²) >= 11 is 0. The minimum Gasteiger partial charge on any atom is -0.488 e. The zero-order valence-electron chi connectivity index (χ0n) is 9.95. The Balaban J connectivity index is 1.60. The van der Waals surface area contributed by atoms with Crippen molar-refractivity contribution in [2.75, 3.05) is 19.6 Å². The Bertz CT molecular complexity index is 439. The first-order valence-electron chi connectivity index (χ1n) is 5.98. The average Bonchev–Trinajstić information content (AvgIpc) is 2.56. The van der Waals surface area contributed by atoms with E-state index in [0.717, 1.165) is 37.4 Å². The van der Waals surface area contributed by atoms with Gasteiger partial charge in [-0.25, -0.2) is 4.39 Å². The van der Waals surface area contributed by atoms with Crippen LogP contribution in [0.25, 0.3) is 0 Å². The van der Waals surface area contributed by atoms with E-state index in [0.29, 0.717) is 0 Å². The van der Waals surface area contributed by atoms with Crippen LogP contribution >= 0.6 is 0 Å². The molecule has 1 atom stereocenters. The highest BCUT2D eigenvalue weighted by Crippen LogP contribution is 2.30. The van der Waals surface area contributed by atoms with Crippen LogP contribution < -0.4 is 10.5 Å². The zero-order valence-corrected chi connectivity index (χ0v) is 9.95. The highest BCUT2D eigenvalue weighted by molar-refractivity contribution is 5.38. The Labute approximate surface area is 100 Å². The molecule has 1 aromatic carbocycles. The molecule has 1 saturated heterocycles. The van der Waals surface area contributed by atoms with Gasteiger partial charge >= 0.3 is 0 Å². The maximum atomic E-state index is 13.0. The lowest BCUT2D eigenvalue weighted by atomic mass is 9.93. The third-order valence-corrected chi connectivity index (χ3v) is 3.40. The van der Waals surface area contributed by atoms with Crippen LogP contribution in [0, 0.1) is 5.82 Å². The van der Waals surface area contributed by atoms with E-state index in [-0.39, 0.29) is 17.5 Å². The lowest BCUT2D eigenvalue weighted by molar-refractivity contribution is 0.0465. The second kappa shape index (κ2) is 3.68. The molecule has 1 aromatic rings. The molecule has 0 aromatic heterocycles. The van der Waals surface area contributed by atoms with Gasteiger partial charge < -0.3 is 10.5 Å². The minimum atomic E-state index is -0.188. The molecule has 1 fully saturated rings. The van der Waals surface area contributed by atoms with Crippen LogP contribution in [0.5, 0.6) is 5.75 Å². The molecule has 92 valence electrons. The molecular weight excluding hydrogens is 219 g/mol. The number of hydrogen-bond donors (Lipinski definition) is 1. The van der Waals surface area contributed by atoms with E-state index in [4.69, 9.17) is 10.5 Å².